The number of aromatic nitrogens is 1. The number of carbonyl (C=O) groups is 4. The van der Waals surface area contributed by atoms with Crippen LogP contribution in [0.4, 0.5) is 4.79 Å². The molecule has 11 heteroatoms. The average molecular weight is 629 g/mol. The van der Waals surface area contributed by atoms with Gasteiger partial charge in [0.05, 0.1) is 17.7 Å². The molecule has 0 saturated carbocycles. The second-order valence-electron chi connectivity index (χ2n) is 11.7. The van der Waals surface area contributed by atoms with Crippen molar-refractivity contribution in [1.82, 2.24) is 20.1 Å². The lowest BCUT2D eigenvalue weighted by Crippen LogP contribution is -2.61. The van der Waals surface area contributed by atoms with E-state index in [0.717, 1.165) is 28.3 Å². The highest BCUT2D eigenvalue weighted by Gasteiger charge is 2.44. The highest BCUT2D eigenvalue weighted by molar-refractivity contribution is 7.09. The molecule has 2 aromatic rings. The van der Waals surface area contributed by atoms with Gasteiger partial charge in [0.1, 0.15) is 12.6 Å². The summed E-state index contributed by atoms with van der Waals surface area (Å²) in [5, 5.41) is 5.71. The molecule has 1 N–H and O–H groups in total. The zero-order valence-corrected chi connectivity index (χ0v) is 27.7. The highest BCUT2D eigenvalue weighted by Crippen LogP contribution is 2.26. The number of hydrogen-bond acceptors (Lipinski definition) is 9. The normalized spacial score (nSPS) is 16.9. The number of nitrogens with zero attached hydrogens (tertiary/aromatic N) is 3. The first-order valence-corrected chi connectivity index (χ1v) is 16.6. The molecular weight excluding hydrogens is 580 g/mol. The molecule has 10 nitrogen and oxygen atoms in total. The minimum atomic E-state index is -1.03. The van der Waals surface area contributed by atoms with Crippen LogP contribution >= 0.6 is 11.3 Å². The van der Waals surface area contributed by atoms with Crippen molar-refractivity contribution in [3.05, 3.63) is 52.0 Å². The minimum absolute atomic E-state index is 0.00494. The van der Waals surface area contributed by atoms with Gasteiger partial charge in [-0.05, 0) is 50.1 Å². The Kier molecular flexibility index (Phi) is 13.8. The largest absolute Gasteiger partial charge is 0.461 e. The van der Waals surface area contributed by atoms with Gasteiger partial charge >= 0.3 is 12.1 Å². The van der Waals surface area contributed by atoms with Crippen LogP contribution in [0.1, 0.15) is 87.8 Å². The van der Waals surface area contributed by atoms with Crippen molar-refractivity contribution >= 4 is 35.2 Å². The van der Waals surface area contributed by atoms with Gasteiger partial charge in [0.25, 0.3) is 0 Å². The summed E-state index contributed by atoms with van der Waals surface area (Å²) < 4.78 is 10.7. The second kappa shape index (κ2) is 17.2. The molecular formula is C33H48N4O6S. The molecule has 1 saturated heterocycles. The number of esters is 1. The molecule has 4 atom stereocenters. The third-order valence-electron chi connectivity index (χ3n) is 8.27. The van der Waals surface area contributed by atoms with Crippen molar-refractivity contribution in [2.24, 2.45) is 11.8 Å². The van der Waals surface area contributed by atoms with E-state index in [1.165, 1.54) is 11.3 Å². The zero-order valence-electron chi connectivity index (χ0n) is 26.9. The number of aryl methyl sites for hydroxylation is 1. The van der Waals surface area contributed by atoms with Gasteiger partial charge in [-0.1, -0.05) is 70.9 Å². The summed E-state index contributed by atoms with van der Waals surface area (Å²) in [7, 11) is 1.74. The summed E-state index contributed by atoms with van der Waals surface area (Å²) >= 11 is 1.39. The van der Waals surface area contributed by atoms with Crippen molar-refractivity contribution in [2.45, 2.75) is 97.9 Å². The van der Waals surface area contributed by atoms with Gasteiger partial charge in [0, 0.05) is 24.9 Å². The van der Waals surface area contributed by atoms with Gasteiger partial charge < -0.3 is 19.7 Å². The van der Waals surface area contributed by atoms with E-state index in [2.05, 4.69) is 10.3 Å². The first-order valence-electron chi connectivity index (χ1n) is 15.7. The Morgan fingerprint density at radius 3 is 2.41 bits per heavy atom. The van der Waals surface area contributed by atoms with Crippen molar-refractivity contribution < 1.29 is 28.7 Å². The fraction of sp³-hybridized carbons (Fsp3) is 0.606. The molecule has 3 amide bonds. The van der Waals surface area contributed by atoms with Crippen molar-refractivity contribution in [1.29, 1.82) is 0 Å². The monoisotopic (exact) mass is 628 g/mol. The maximum absolute atomic E-state index is 14.4. The SMILES string of the molecule is CCOC(=O)c1csc(CC[C@H](C(C)C)N(C)C(=O)[C@H]([C@H](C)CC)N(C(=O)OCc2ccccc2)C(=O)C2CCCCN2)n1. The summed E-state index contributed by atoms with van der Waals surface area (Å²) in [4.78, 5) is 61.4. The van der Waals surface area contributed by atoms with Gasteiger partial charge in [-0.15, -0.1) is 11.3 Å². The van der Waals surface area contributed by atoms with Crippen LogP contribution in [0.3, 0.4) is 0 Å². The number of nitrogens with one attached hydrogen (secondary N) is 1. The quantitative estimate of drug-likeness (QED) is 0.274. The standard InChI is InChI=1S/C33H48N4O6S/c1-7-23(5)29(31(39)36(6)27(22(3)4)17-18-28-35-26(21-44-28)32(40)42-8-2)37(30(38)25-16-12-13-19-34-25)33(41)43-20-24-14-10-9-11-15-24/h9-11,14-15,21-23,25,27,29,34H,7-8,12-13,16-20H2,1-6H3/t23-,25?,27-,29+/m1/s1. The number of imide groups is 1. The molecule has 1 aromatic heterocycles. The molecule has 3 rings (SSSR count). The zero-order chi connectivity index (χ0) is 32.2. The van der Waals surface area contributed by atoms with Crippen LogP contribution in [-0.2, 0) is 32.1 Å². The van der Waals surface area contributed by atoms with Crippen LogP contribution in [0, 0.1) is 11.8 Å². The number of carbonyl (C=O) groups excluding carboxylic acids is 4. The fourth-order valence-corrected chi connectivity index (χ4v) is 6.32. The van der Waals surface area contributed by atoms with Gasteiger partial charge in [0.2, 0.25) is 11.8 Å². The number of likely N-dealkylation sites (N-methyl/N-ethyl adjacent to an activating group) is 1. The van der Waals surface area contributed by atoms with Gasteiger partial charge in [-0.2, -0.15) is 0 Å². The van der Waals surface area contributed by atoms with E-state index < -0.39 is 30.1 Å². The van der Waals surface area contributed by atoms with Crippen LogP contribution in [0.2, 0.25) is 0 Å². The van der Waals surface area contributed by atoms with Gasteiger partial charge in [0.15, 0.2) is 5.69 Å². The maximum Gasteiger partial charge on any atom is 0.417 e. The predicted molar refractivity (Wildman–Crippen MR) is 170 cm³/mol. The lowest BCUT2D eigenvalue weighted by molar-refractivity contribution is -0.149. The predicted octanol–water partition coefficient (Wildman–Crippen LogP) is 5.46. The summed E-state index contributed by atoms with van der Waals surface area (Å²) in [5.41, 5.74) is 1.08. The lowest BCUT2D eigenvalue weighted by atomic mass is 9.92. The van der Waals surface area contributed by atoms with Gasteiger partial charge in [-0.25, -0.2) is 19.5 Å². The molecule has 1 unspecified atom stereocenters. The average Bonchev–Trinajstić information content (AvgIpc) is 3.51. The molecule has 2 heterocycles. The van der Waals surface area contributed by atoms with Crippen molar-refractivity contribution in [3.8, 4) is 0 Å². The summed E-state index contributed by atoms with van der Waals surface area (Å²) in [6, 6.07) is 7.49. The Morgan fingerprint density at radius 1 is 1.07 bits per heavy atom. The van der Waals surface area contributed by atoms with Crippen LogP contribution in [0.25, 0.3) is 0 Å². The third kappa shape index (κ3) is 9.34. The Balaban J connectivity index is 1.86. The van der Waals surface area contributed by atoms with E-state index in [1.54, 1.807) is 24.3 Å². The van der Waals surface area contributed by atoms with Crippen LogP contribution in [0.5, 0.6) is 0 Å². The number of rotatable bonds is 14. The second-order valence-corrected chi connectivity index (χ2v) is 12.7. The Hall–Kier alpha value is -3.31. The number of hydrogen-bond donors (Lipinski definition) is 1. The molecule has 0 radical (unpaired) electrons. The van der Waals surface area contributed by atoms with E-state index in [0.29, 0.717) is 32.2 Å². The Bertz CT molecular complexity index is 1230. The molecule has 1 aromatic carbocycles. The molecule has 1 aliphatic heterocycles. The number of ether oxygens (including phenoxy) is 2. The molecule has 1 fully saturated rings. The summed E-state index contributed by atoms with van der Waals surface area (Å²) in [6.07, 6.45) is 3.34. The fourth-order valence-electron chi connectivity index (χ4n) is 5.53. The number of thiazole rings is 1. The van der Waals surface area contributed by atoms with E-state index in [1.807, 2.05) is 58.0 Å². The first kappa shape index (κ1) is 35.2. The summed E-state index contributed by atoms with van der Waals surface area (Å²) in [6.45, 7) is 10.6. The summed E-state index contributed by atoms with van der Waals surface area (Å²) in [5.74, 6) is -1.40. The van der Waals surface area contributed by atoms with E-state index >= 15 is 0 Å². The molecule has 1 aliphatic rings. The smallest absolute Gasteiger partial charge is 0.417 e. The van der Waals surface area contributed by atoms with Gasteiger partial charge in [-0.3, -0.25) is 9.59 Å². The van der Waals surface area contributed by atoms with E-state index in [-0.39, 0.29) is 42.7 Å². The van der Waals surface area contributed by atoms with Crippen LogP contribution in [-0.4, -0.2) is 77.0 Å². The number of amides is 3. The molecule has 44 heavy (non-hydrogen) atoms. The molecule has 0 spiro atoms. The molecule has 0 aliphatic carbocycles. The Labute approximate surface area is 265 Å². The van der Waals surface area contributed by atoms with E-state index in [4.69, 9.17) is 9.47 Å². The number of piperidine rings is 1. The van der Waals surface area contributed by atoms with E-state index in [9.17, 15) is 19.2 Å². The Morgan fingerprint density at radius 2 is 1.80 bits per heavy atom. The molecule has 0 bridgehead atoms. The molecule has 242 valence electrons. The topological polar surface area (TPSA) is 118 Å². The lowest BCUT2D eigenvalue weighted by Gasteiger charge is -2.40. The van der Waals surface area contributed by atoms with Crippen LogP contribution < -0.4 is 5.32 Å². The first-order chi connectivity index (χ1) is 21.1. The minimum Gasteiger partial charge on any atom is -0.461 e. The number of benzene rings is 1. The van der Waals surface area contributed by atoms with Crippen molar-refractivity contribution in [2.75, 3.05) is 20.2 Å². The maximum atomic E-state index is 14.4. The van der Waals surface area contributed by atoms with Crippen molar-refractivity contribution in [3.63, 3.8) is 0 Å². The third-order valence-corrected chi connectivity index (χ3v) is 9.18. The van der Waals surface area contributed by atoms with Crippen LogP contribution in [0.15, 0.2) is 35.7 Å². The highest BCUT2D eigenvalue weighted by atomic mass is 32.1.